The fourth-order valence-electron chi connectivity index (χ4n) is 2.05. The van der Waals surface area contributed by atoms with Gasteiger partial charge in [-0.25, -0.2) is 19.7 Å². The van der Waals surface area contributed by atoms with E-state index in [4.69, 9.17) is 0 Å². The number of carbonyl (C=O) groups excluding carboxylic acids is 2. The van der Waals surface area contributed by atoms with Crippen LogP contribution >= 0.6 is 23.1 Å². The number of aromatic nitrogens is 3. The van der Waals surface area contributed by atoms with E-state index in [0.717, 1.165) is 10.7 Å². The molecule has 0 aliphatic rings. The zero-order valence-corrected chi connectivity index (χ0v) is 18.3. The molecular weight excluding hydrogens is 396 g/mol. The summed E-state index contributed by atoms with van der Waals surface area (Å²) < 4.78 is 0. The van der Waals surface area contributed by atoms with Crippen LogP contribution in [0.15, 0.2) is 22.9 Å². The SMILES string of the molecule is CSc1ncc(CCNC(=O)NC(C)c2csc(NC(=O)C(C)(C)C)n2)cn1. The maximum Gasteiger partial charge on any atom is 0.315 e. The lowest BCUT2D eigenvalue weighted by Crippen LogP contribution is -2.38. The molecule has 3 amide bonds. The maximum absolute atomic E-state index is 12.1. The van der Waals surface area contributed by atoms with E-state index < -0.39 is 5.41 Å². The molecule has 2 aromatic rings. The molecule has 0 saturated carbocycles. The summed E-state index contributed by atoms with van der Waals surface area (Å²) >= 11 is 2.82. The van der Waals surface area contributed by atoms with Crippen LogP contribution in [0.1, 0.15) is 45.0 Å². The summed E-state index contributed by atoms with van der Waals surface area (Å²) in [6, 6.07) is -0.553. The van der Waals surface area contributed by atoms with Gasteiger partial charge in [-0.05, 0) is 25.2 Å². The second-order valence-electron chi connectivity index (χ2n) is 7.23. The molecule has 0 saturated heterocycles. The number of nitrogens with zero attached hydrogens (tertiary/aromatic N) is 3. The first-order chi connectivity index (χ1) is 13.2. The van der Waals surface area contributed by atoms with Gasteiger partial charge in [0.25, 0.3) is 0 Å². The molecule has 2 aromatic heterocycles. The van der Waals surface area contributed by atoms with Crippen LogP contribution in [-0.4, -0.2) is 39.7 Å². The first-order valence-corrected chi connectivity index (χ1v) is 11.0. The van der Waals surface area contributed by atoms with E-state index in [-0.39, 0.29) is 18.0 Å². The number of thioether (sulfide) groups is 1. The Morgan fingerprint density at radius 3 is 2.54 bits per heavy atom. The van der Waals surface area contributed by atoms with Gasteiger partial charge in [-0.2, -0.15) is 0 Å². The maximum atomic E-state index is 12.1. The van der Waals surface area contributed by atoms with Gasteiger partial charge in [0.05, 0.1) is 11.7 Å². The van der Waals surface area contributed by atoms with Crippen molar-refractivity contribution in [2.75, 3.05) is 18.1 Å². The lowest BCUT2D eigenvalue weighted by molar-refractivity contribution is -0.123. The highest BCUT2D eigenvalue weighted by atomic mass is 32.2. The Labute approximate surface area is 173 Å². The molecule has 0 aliphatic carbocycles. The Bertz CT molecular complexity index is 801. The second kappa shape index (κ2) is 9.83. The highest BCUT2D eigenvalue weighted by Gasteiger charge is 2.22. The minimum atomic E-state index is -0.490. The van der Waals surface area contributed by atoms with Crippen LogP contribution in [0.25, 0.3) is 0 Å². The average molecular weight is 423 g/mol. The standard InChI is InChI=1S/C18H26N6O2S2/c1-11(13-10-28-17(23-13)24-14(25)18(2,3)4)22-15(26)19-7-6-12-8-20-16(27-5)21-9-12/h8-11H,6-7H2,1-5H3,(H2,19,22,26)(H,23,24,25). The van der Waals surface area contributed by atoms with Crippen molar-refractivity contribution in [3.8, 4) is 0 Å². The van der Waals surface area contributed by atoms with Crippen molar-refractivity contribution in [2.45, 2.75) is 45.3 Å². The van der Waals surface area contributed by atoms with Gasteiger partial charge in [0.15, 0.2) is 10.3 Å². The summed E-state index contributed by atoms with van der Waals surface area (Å²) in [5, 5.41) is 11.5. The predicted octanol–water partition coefficient (Wildman–Crippen LogP) is 3.24. The highest BCUT2D eigenvalue weighted by molar-refractivity contribution is 7.98. The molecule has 152 valence electrons. The van der Waals surface area contributed by atoms with E-state index in [1.807, 2.05) is 39.3 Å². The largest absolute Gasteiger partial charge is 0.338 e. The fourth-order valence-corrected chi connectivity index (χ4v) is 3.16. The van der Waals surface area contributed by atoms with Crippen molar-refractivity contribution < 1.29 is 9.59 Å². The summed E-state index contributed by atoms with van der Waals surface area (Å²) in [7, 11) is 0. The van der Waals surface area contributed by atoms with Crippen molar-refractivity contribution in [3.63, 3.8) is 0 Å². The van der Waals surface area contributed by atoms with Crippen LogP contribution in [0, 0.1) is 5.41 Å². The topological polar surface area (TPSA) is 109 Å². The summed E-state index contributed by atoms with van der Waals surface area (Å²) in [5.74, 6) is -0.0960. The van der Waals surface area contributed by atoms with Gasteiger partial charge in [-0.15, -0.1) is 11.3 Å². The van der Waals surface area contributed by atoms with Crippen LogP contribution in [0.5, 0.6) is 0 Å². The highest BCUT2D eigenvalue weighted by Crippen LogP contribution is 2.23. The van der Waals surface area contributed by atoms with Gasteiger partial charge in [0.2, 0.25) is 5.91 Å². The van der Waals surface area contributed by atoms with E-state index in [2.05, 4.69) is 30.9 Å². The number of anilines is 1. The summed E-state index contributed by atoms with van der Waals surface area (Å²) in [6.45, 7) is 7.85. The molecule has 0 aromatic carbocycles. The fraction of sp³-hybridized carbons (Fsp3) is 0.500. The van der Waals surface area contributed by atoms with Crippen molar-refractivity contribution in [2.24, 2.45) is 5.41 Å². The first-order valence-electron chi connectivity index (χ1n) is 8.85. The molecule has 2 rings (SSSR count). The molecule has 2 heterocycles. The molecule has 28 heavy (non-hydrogen) atoms. The minimum absolute atomic E-state index is 0.0960. The number of hydrogen-bond donors (Lipinski definition) is 3. The van der Waals surface area contributed by atoms with Gasteiger partial charge in [-0.1, -0.05) is 32.5 Å². The first kappa shape index (κ1) is 22.1. The van der Waals surface area contributed by atoms with Crippen molar-refractivity contribution in [3.05, 3.63) is 29.0 Å². The number of carbonyl (C=O) groups is 2. The van der Waals surface area contributed by atoms with Crippen LogP contribution in [-0.2, 0) is 11.2 Å². The zero-order valence-electron chi connectivity index (χ0n) is 16.7. The normalized spacial score (nSPS) is 12.3. The van der Waals surface area contributed by atoms with E-state index in [9.17, 15) is 9.59 Å². The van der Waals surface area contributed by atoms with Gasteiger partial charge in [0, 0.05) is 29.7 Å². The quantitative estimate of drug-likeness (QED) is 0.467. The Kier molecular flexibility index (Phi) is 7.76. The molecule has 0 bridgehead atoms. The molecule has 0 fully saturated rings. The minimum Gasteiger partial charge on any atom is -0.338 e. The Balaban J connectivity index is 1.78. The van der Waals surface area contributed by atoms with Gasteiger partial charge in [-0.3, -0.25) is 4.79 Å². The molecule has 8 nitrogen and oxygen atoms in total. The number of thiazole rings is 1. The summed E-state index contributed by atoms with van der Waals surface area (Å²) in [4.78, 5) is 36.9. The molecule has 1 unspecified atom stereocenters. The Morgan fingerprint density at radius 2 is 1.93 bits per heavy atom. The monoisotopic (exact) mass is 422 g/mol. The van der Waals surface area contributed by atoms with Crippen LogP contribution in [0.2, 0.25) is 0 Å². The Morgan fingerprint density at radius 1 is 1.25 bits per heavy atom. The predicted molar refractivity (Wildman–Crippen MR) is 113 cm³/mol. The van der Waals surface area contributed by atoms with E-state index >= 15 is 0 Å². The molecule has 10 heteroatoms. The summed E-state index contributed by atoms with van der Waals surface area (Å²) in [6.07, 6.45) is 6.11. The molecular formula is C18H26N6O2S2. The Hall–Kier alpha value is -2.20. The van der Waals surface area contributed by atoms with Crippen LogP contribution < -0.4 is 16.0 Å². The third kappa shape index (κ3) is 6.75. The third-order valence-electron chi connectivity index (χ3n) is 3.78. The number of nitrogens with one attached hydrogen (secondary N) is 3. The average Bonchev–Trinajstić information content (AvgIpc) is 3.10. The van der Waals surface area contributed by atoms with E-state index in [1.54, 1.807) is 12.4 Å². The lowest BCUT2D eigenvalue weighted by Gasteiger charge is -2.16. The van der Waals surface area contributed by atoms with Crippen molar-refractivity contribution >= 4 is 40.2 Å². The molecule has 0 aliphatic heterocycles. The number of rotatable bonds is 7. The smallest absolute Gasteiger partial charge is 0.315 e. The molecule has 1 atom stereocenters. The zero-order chi connectivity index (χ0) is 20.7. The van der Waals surface area contributed by atoms with E-state index in [0.29, 0.717) is 23.8 Å². The number of hydrogen-bond acceptors (Lipinski definition) is 7. The van der Waals surface area contributed by atoms with Gasteiger partial charge in [0.1, 0.15) is 0 Å². The second-order valence-corrected chi connectivity index (χ2v) is 8.86. The molecule has 0 spiro atoms. The third-order valence-corrected chi connectivity index (χ3v) is 5.13. The number of urea groups is 1. The van der Waals surface area contributed by atoms with Crippen LogP contribution in [0.4, 0.5) is 9.93 Å². The van der Waals surface area contributed by atoms with Gasteiger partial charge >= 0.3 is 6.03 Å². The number of amides is 3. The van der Waals surface area contributed by atoms with Crippen LogP contribution in [0.3, 0.4) is 0 Å². The van der Waals surface area contributed by atoms with Crippen molar-refractivity contribution in [1.82, 2.24) is 25.6 Å². The van der Waals surface area contributed by atoms with Gasteiger partial charge < -0.3 is 16.0 Å². The van der Waals surface area contributed by atoms with E-state index in [1.165, 1.54) is 23.1 Å². The molecule has 0 radical (unpaired) electrons. The lowest BCUT2D eigenvalue weighted by atomic mass is 9.96. The van der Waals surface area contributed by atoms with Crippen molar-refractivity contribution in [1.29, 1.82) is 0 Å². The summed E-state index contributed by atoms with van der Waals surface area (Å²) in [5.41, 5.74) is 1.17. The molecule has 3 N–H and O–H groups in total.